The predicted molar refractivity (Wildman–Crippen MR) is 156 cm³/mol. The molecule has 36 heavy (non-hydrogen) atoms. The number of thiophene rings is 3. The average molecular weight is 550 g/mol. The molecular weight excluding hydrogens is 527 g/mol. The van der Waals surface area contributed by atoms with E-state index in [1.807, 2.05) is 44.2 Å². The molecule has 0 N–H and O–H groups in total. The summed E-state index contributed by atoms with van der Waals surface area (Å²) in [6.45, 7) is 4.55. The van der Waals surface area contributed by atoms with Crippen molar-refractivity contribution in [3.8, 4) is 9.75 Å². The van der Waals surface area contributed by atoms with Gasteiger partial charge in [-0.25, -0.2) is 0 Å². The first-order valence-corrected chi connectivity index (χ1v) is 14.5. The summed E-state index contributed by atoms with van der Waals surface area (Å²) in [6, 6.07) is 20.6. The zero-order valence-electron chi connectivity index (χ0n) is 19.7. The van der Waals surface area contributed by atoms with Crippen molar-refractivity contribution in [3.05, 3.63) is 82.6 Å². The van der Waals surface area contributed by atoms with E-state index in [9.17, 15) is 9.59 Å². The van der Waals surface area contributed by atoms with Crippen LogP contribution in [0, 0.1) is 0 Å². The van der Waals surface area contributed by atoms with Crippen molar-refractivity contribution in [1.82, 2.24) is 9.80 Å². The van der Waals surface area contributed by atoms with E-state index in [2.05, 4.69) is 46.0 Å². The Hall–Kier alpha value is -3.11. The molecule has 3 aromatic heterocycles. The van der Waals surface area contributed by atoms with Gasteiger partial charge < -0.3 is 0 Å². The second-order valence-electron chi connectivity index (χ2n) is 7.93. The molecule has 9 heteroatoms. The molecule has 4 aromatic rings. The molecular formula is C27H23N3O2S4. The molecule has 1 fully saturated rings. The second-order valence-corrected chi connectivity index (χ2v) is 11.2. The van der Waals surface area contributed by atoms with E-state index in [4.69, 9.17) is 12.2 Å². The first-order valence-electron chi connectivity index (χ1n) is 11.5. The SMILES string of the molecule is CCN1C(=O)C(=Cc2ccc(N(c3cccs3)c3ccc(-c4cccs4)s3)cc2)C(=O)N(CC)C1=S. The third-order valence-corrected chi connectivity index (χ3v) is 9.24. The van der Waals surface area contributed by atoms with Gasteiger partial charge in [-0.15, -0.1) is 34.0 Å². The van der Waals surface area contributed by atoms with Gasteiger partial charge in [-0.1, -0.05) is 18.2 Å². The van der Waals surface area contributed by atoms with Crippen molar-refractivity contribution in [2.24, 2.45) is 0 Å². The number of hydrogen-bond donors (Lipinski definition) is 0. The van der Waals surface area contributed by atoms with E-state index in [1.54, 1.807) is 40.1 Å². The van der Waals surface area contributed by atoms with E-state index in [0.717, 1.165) is 21.3 Å². The summed E-state index contributed by atoms with van der Waals surface area (Å²) in [5.41, 5.74) is 1.92. The first-order chi connectivity index (χ1) is 17.5. The summed E-state index contributed by atoms with van der Waals surface area (Å²) in [5.74, 6) is -0.692. The van der Waals surface area contributed by atoms with Gasteiger partial charge in [-0.05, 0) is 90.9 Å². The number of rotatable bonds is 7. The van der Waals surface area contributed by atoms with Gasteiger partial charge in [0.05, 0.1) is 0 Å². The van der Waals surface area contributed by atoms with Gasteiger partial charge in [0.15, 0.2) is 5.11 Å². The molecule has 1 aromatic carbocycles. The molecule has 1 saturated heterocycles. The molecule has 5 rings (SSSR count). The summed E-state index contributed by atoms with van der Waals surface area (Å²) in [6.07, 6.45) is 1.66. The van der Waals surface area contributed by atoms with Crippen LogP contribution in [-0.4, -0.2) is 39.8 Å². The van der Waals surface area contributed by atoms with E-state index >= 15 is 0 Å². The van der Waals surface area contributed by atoms with Crippen LogP contribution in [0.1, 0.15) is 19.4 Å². The molecule has 0 atom stereocenters. The Morgan fingerprint density at radius 2 is 1.47 bits per heavy atom. The summed E-state index contributed by atoms with van der Waals surface area (Å²) >= 11 is 10.5. The van der Waals surface area contributed by atoms with E-state index < -0.39 is 0 Å². The number of anilines is 3. The largest absolute Gasteiger partial charge is 0.293 e. The zero-order chi connectivity index (χ0) is 25.2. The van der Waals surface area contributed by atoms with Crippen LogP contribution in [-0.2, 0) is 9.59 Å². The molecule has 2 amide bonds. The molecule has 4 heterocycles. The minimum Gasteiger partial charge on any atom is -0.293 e. The maximum Gasteiger partial charge on any atom is 0.265 e. The number of thiocarbonyl (C=S) groups is 1. The number of benzene rings is 1. The van der Waals surface area contributed by atoms with Crippen LogP contribution in [0.2, 0.25) is 0 Å². The highest BCUT2D eigenvalue weighted by Gasteiger charge is 2.37. The molecule has 0 radical (unpaired) electrons. The van der Waals surface area contributed by atoms with Gasteiger partial charge in [0.25, 0.3) is 11.8 Å². The minimum atomic E-state index is -0.346. The summed E-state index contributed by atoms with van der Waals surface area (Å²) in [7, 11) is 0. The zero-order valence-corrected chi connectivity index (χ0v) is 23.0. The highest BCUT2D eigenvalue weighted by Crippen LogP contribution is 2.44. The smallest absolute Gasteiger partial charge is 0.265 e. The molecule has 1 aliphatic rings. The van der Waals surface area contributed by atoms with Gasteiger partial charge in [0.1, 0.15) is 15.6 Å². The fraction of sp³-hybridized carbons (Fsp3) is 0.148. The number of amides is 2. The maximum atomic E-state index is 13.0. The lowest BCUT2D eigenvalue weighted by molar-refractivity contribution is -0.133. The standard InChI is InChI=1S/C27H23N3O2S4/c1-3-28-25(31)20(26(32)29(4-2)27(28)33)17-18-9-11-19(12-10-18)30(23-8-6-16-35-23)24-14-13-22(36-24)21-7-5-15-34-21/h5-17H,3-4H2,1-2H3. The third-order valence-electron chi connectivity index (χ3n) is 5.81. The number of nitrogens with zero attached hydrogens (tertiary/aromatic N) is 3. The van der Waals surface area contributed by atoms with Crippen molar-refractivity contribution in [3.63, 3.8) is 0 Å². The Kier molecular flexibility index (Phi) is 7.15. The molecule has 182 valence electrons. The first kappa shape index (κ1) is 24.6. The maximum absolute atomic E-state index is 13.0. The number of carbonyl (C=O) groups excluding carboxylic acids is 2. The molecule has 0 unspecified atom stereocenters. The summed E-state index contributed by atoms with van der Waals surface area (Å²) in [5, 5.41) is 6.66. The number of hydrogen-bond acceptors (Lipinski definition) is 7. The van der Waals surface area contributed by atoms with Crippen LogP contribution < -0.4 is 4.90 Å². The number of carbonyl (C=O) groups is 2. The van der Waals surface area contributed by atoms with Crippen molar-refractivity contribution in [1.29, 1.82) is 0 Å². The number of likely N-dealkylation sites (N-methyl/N-ethyl adjacent to an activating group) is 2. The van der Waals surface area contributed by atoms with Gasteiger partial charge >= 0.3 is 0 Å². The lowest BCUT2D eigenvalue weighted by Crippen LogP contribution is -2.55. The Morgan fingerprint density at radius 3 is 2.06 bits per heavy atom. The molecule has 0 spiro atoms. The van der Waals surface area contributed by atoms with Crippen LogP contribution in [0.5, 0.6) is 0 Å². The predicted octanol–water partition coefficient (Wildman–Crippen LogP) is 7.39. The Morgan fingerprint density at radius 1 is 0.806 bits per heavy atom. The third kappa shape index (κ3) is 4.55. The van der Waals surface area contributed by atoms with Gasteiger partial charge in [0, 0.05) is 28.5 Å². The minimum absolute atomic E-state index is 0.133. The van der Waals surface area contributed by atoms with Crippen molar-refractivity contribution >= 4 is 84.9 Å². The normalized spacial score (nSPS) is 14.1. The molecule has 0 saturated carbocycles. The van der Waals surface area contributed by atoms with Crippen molar-refractivity contribution in [2.75, 3.05) is 18.0 Å². The fourth-order valence-corrected chi connectivity index (χ4v) is 7.15. The lowest BCUT2D eigenvalue weighted by Gasteiger charge is -2.35. The van der Waals surface area contributed by atoms with Crippen molar-refractivity contribution in [2.45, 2.75) is 13.8 Å². The van der Waals surface area contributed by atoms with Crippen LogP contribution in [0.15, 0.2) is 77.0 Å². The summed E-state index contributed by atoms with van der Waals surface area (Å²) < 4.78 is 0. The van der Waals surface area contributed by atoms with E-state index in [0.29, 0.717) is 13.1 Å². The van der Waals surface area contributed by atoms with Crippen LogP contribution in [0.4, 0.5) is 15.7 Å². The van der Waals surface area contributed by atoms with Crippen molar-refractivity contribution < 1.29 is 9.59 Å². The lowest BCUT2D eigenvalue weighted by atomic mass is 10.1. The Labute approximate surface area is 227 Å². The average Bonchev–Trinajstić information content (AvgIpc) is 3.67. The summed E-state index contributed by atoms with van der Waals surface area (Å²) in [4.78, 5) is 33.6. The second kappa shape index (κ2) is 10.5. The van der Waals surface area contributed by atoms with E-state index in [1.165, 1.54) is 19.6 Å². The van der Waals surface area contributed by atoms with Gasteiger partial charge in [-0.3, -0.25) is 24.3 Å². The topological polar surface area (TPSA) is 43.9 Å². The molecule has 1 aliphatic heterocycles. The van der Waals surface area contributed by atoms with Crippen LogP contribution >= 0.6 is 46.2 Å². The van der Waals surface area contributed by atoms with Gasteiger partial charge in [-0.2, -0.15) is 0 Å². The monoisotopic (exact) mass is 549 g/mol. The van der Waals surface area contributed by atoms with Crippen LogP contribution in [0.3, 0.4) is 0 Å². The Bertz CT molecular complexity index is 1390. The van der Waals surface area contributed by atoms with E-state index in [-0.39, 0.29) is 22.5 Å². The highest BCUT2D eigenvalue weighted by atomic mass is 32.1. The van der Waals surface area contributed by atoms with Crippen LogP contribution in [0.25, 0.3) is 15.8 Å². The fourth-order valence-electron chi connectivity index (χ4n) is 4.03. The van der Waals surface area contributed by atoms with Gasteiger partial charge in [0.2, 0.25) is 0 Å². The molecule has 0 aliphatic carbocycles. The molecule has 5 nitrogen and oxygen atoms in total. The quantitative estimate of drug-likeness (QED) is 0.137. The Balaban J connectivity index is 1.48. The highest BCUT2D eigenvalue weighted by molar-refractivity contribution is 7.80. The molecule has 0 bridgehead atoms.